The highest BCUT2D eigenvalue weighted by atomic mass is 32.2. The van der Waals surface area contributed by atoms with Crippen LogP contribution in [0.25, 0.3) is 17.2 Å². The summed E-state index contributed by atoms with van der Waals surface area (Å²) in [5.41, 5.74) is 0.342. The Labute approximate surface area is 149 Å². The summed E-state index contributed by atoms with van der Waals surface area (Å²) in [6, 6.07) is 3.29. The lowest BCUT2D eigenvalue weighted by Gasteiger charge is -2.08. The molecule has 2 N–H and O–H groups in total. The van der Waals surface area contributed by atoms with Gasteiger partial charge in [0.05, 0.1) is 11.1 Å². The smallest absolute Gasteiger partial charge is 0.238 e. The molecule has 0 unspecified atom stereocenters. The molecule has 1 aliphatic rings. The molecule has 0 aliphatic heterocycles. The van der Waals surface area contributed by atoms with Crippen molar-refractivity contribution in [2.24, 2.45) is 11.1 Å². The van der Waals surface area contributed by atoms with Crippen LogP contribution in [0.4, 0.5) is 4.39 Å². The minimum Gasteiger partial charge on any atom is -0.261 e. The first kappa shape index (κ1) is 16.7. The van der Waals surface area contributed by atoms with Gasteiger partial charge in [-0.2, -0.15) is 5.10 Å². The van der Waals surface area contributed by atoms with Crippen LogP contribution in [0.2, 0.25) is 0 Å². The summed E-state index contributed by atoms with van der Waals surface area (Å²) in [5.74, 6) is 0.722. The van der Waals surface area contributed by atoms with Gasteiger partial charge in [-0.25, -0.2) is 32.6 Å². The van der Waals surface area contributed by atoms with Crippen molar-refractivity contribution < 1.29 is 12.8 Å². The lowest BCUT2D eigenvalue weighted by atomic mass is 10.3. The van der Waals surface area contributed by atoms with Gasteiger partial charge in [-0.15, -0.1) is 0 Å². The highest BCUT2D eigenvalue weighted by Crippen LogP contribution is 2.32. The third kappa shape index (κ3) is 3.33. The fourth-order valence-corrected chi connectivity index (χ4v) is 3.14. The highest BCUT2D eigenvalue weighted by molar-refractivity contribution is 7.89. The van der Waals surface area contributed by atoms with Crippen molar-refractivity contribution in [2.75, 3.05) is 0 Å². The van der Waals surface area contributed by atoms with Crippen LogP contribution in [0.15, 0.2) is 41.7 Å². The van der Waals surface area contributed by atoms with Crippen LogP contribution >= 0.6 is 0 Å². The maximum Gasteiger partial charge on any atom is 0.238 e. The molecule has 0 spiro atoms. The Balaban J connectivity index is 1.89. The zero-order valence-electron chi connectivity index (χ0n) is 13.6. The van der Waals surface area contributed by atoms with Gasteiger partial charge in [-0.3, -0.25) is 4.98 Å². The van der Waals surface area contributed by atoms with Gasteiger partial charge in [0, 0.05) is 18.8 Å². The zero-order chi connectivity index (χ0) is 18.3. The average Bonchev–Trinajstić information content (AvgIpc) is 3.32. The van der Waals surface area contributed by atoms with Crippen molar-refractivity contribution in [3.8, 4) is 17.2 Å². The quantitative estimate of drug-likeness (QED) is 0.723. The Bertz CT molecular complexity index is 1060. The molecule has 8 nitrogen and oxygen atoms in total. The van der Waals surface area contributed by atoms with E-state index < -0.39 is 15.8 Å². The maximum absolute atomic E-state index is 14.5. The van der Waals surface area contributed by atoms with Crippen molar-refractivity contribution in [1.82, 2.24) is 24.7 Å². The first-order valence-corrected chi connectivity index (χ1v) is 9.51. The SMILES string of the molecule is NS(=O)(=O)c1ccc(F)c(-n2nc(CC3CC3)nc2-c2cnccn2)c1. The van der Waals surface area contributed by atoms with Crippen molar-refractivity contribution in [2.45, 2.75) is 24.2 Å². The normalized spacial score (nSPS) is 14.5. The van der Waals surface area contributed by atoms with Crippen LogP contribution in [-0.2, 0) is 16.4 Å². The Morgan fingerprint density at radius 3 is 2.73 bits per heavy atom. The third-order valence-corrected chi connectivity index (χ3v) is 5.00. The highest BCUT2D eigenvalue weighted by Gasteiger charge is 2.26. The fourth-order valence-electron chi connectivity index (χ4n) is 2.60. The fraction of sp³-hybridized carbons (Fsp3) is 0.250. The number of sulfonamides is 1. The zero-order valence-corrected chi connectivity index (χ0v) is 14.4. The predicted octanol–water partition coefficient (Wildman–Crippen LogP) is 1.46. The van der Waals surface area contributed by atoms with Gasteiger partial charge in [0.1, 0.15) is 17.2 Å². The van der Waals surface area contributed by atoms with E-state index in [1.807, 2.05) is 0 Å². The summed E-state index contributed by atoms with van der Waals surface area (Å²) < 4.78 is 39.0. The van der Waals surface area contributed by atoms with E-state index in [1.165, 1.54) is 23.3 Å². The molecule has 10 heteroatoms. The van der Waals surface area contributed by atoms with Crippen molar-refractivity contribution in [1.29, 1.82) is 0 Å². The average molecular weight is 374 g/mol. The molecule has 0 radical (unpaired) electrons. The molecule has 3 aromatic rings. The van der Waals surface area contributed by atoms with Gasteiger partial charge in [0.25, 0.3) is 0 Å². The van der Waals surface area contributed by atoms with Gasteiger partial charge in [-0.1, -0.05) is 0 Å². The molecule has 1 aliphatic carbocycles. The standard InChI is InChI=1S/C16H15FN6O2S/c17-12-4-3-11(26(18,24)25)8-14(12)23-16(13-9-19-5-6-20-13)21-15(22-23)7-10-1-2-10/h3-6,8-10H,1-2,7H2,(H2,18,24,25). The molecule has 134 valence electrons. The molecule has 26 heavy (non-hydrogen) atoms. The van der Waals surface area contributed by atoms with Crippen LogP contribution < -0.4 is 5.14 Å². The number of hydrogen-bond acceptors (Lipinski definition) is 6. The van der Waals surface area contributed by atoms with Crippen LogP contribution in [0.1, 0.15) is 18.7 Å². The minimum absolute atomic E-state index is 0.0632. The molecule has 2 aromatic heterocycles. The summed E-state index contributed by atoms with van der Waals surface area (Å²) in [4.78, 5) is 12.5. The summed E-state index contributed by atoms with van der Waals surface area (Å²) in [6.07, 6.45) is 7.40. The van der Waals surface area contributed by atoms with Gasteiger partial charge in [0.2, 0.25) is 10.0 Å². The molecule has 0 saturated heterocycles. The largest absolute Gasteiger partial charge is 0.261 e. The molecule has 0 atom stereocenters. The Morgan fingerprint density at radius 1 is 1.27 bits per heavy atom. The van der Waals surface area contributed by atoms with E-state index >= 15 is 0 Å². The van der Waals surface area contributed by atoms with E-state index in [9.17, 15) is 12.8 Å². The van der Waals surface area contributed by atoms with E-state index in [1.54, 1.807) is 0 Å². The molecule has 4 rings (SSSR count). The van der Waals surface area contributed by atoms with E-state index in [0.717, 1.165) is 31.0 Å². The number of benzene rings is 1. The van der Waals surface area contributed by atoms with Crippen LogP contribution in [0.5, 0.6) is 0 Å². The first-order chi connectivity index (χ1) is 12.4. The van der Waals surface area contributed by atoms with Gasteiger partial charge in [0.15, 0.2) is 11.6 Å². The predicted molar refractivity (Wildman–Crippen MR) is 90.1 cm³/mol. The number of primary sulfonamides is 1. The Morgan fingerprint density at radius 2 is 2.08 bits per heavy atom. The van der Waals surface area contributed by atoms with E-state index in [2.05, 4.69) is 20.1 Å². The van der Waals surface area contributed by atoms with E-state index in [-0.39, 0.29) is 10.6 Å². The van der Waals surface area contributed by atoms with E-state index in [0.29, 0.717) is 29.7 Å². The van der Waals surface area contributed by atoms with Crippen LogP contribution in [0.3, 0.4) is 0 Å². The number of rotatable bonds is 5. The van der Waals surface area contributed by atoms with Crippen LogP contribution in [-0.4, -0.2) is 33.2 Å². The summed E-state index contributed by atoms with van der Waals surface area (Å²) in [5, 5.41) is 9.55. The number of nitrogens with zero attached hydrogens (tertiary/aromatic N) is 5. The first-order valence-electron chi connectivity index (χ1n) is 7.97. The second-order valence-electron chi connectivity index (χ2n) is 6.16. The molecular weight excluding hydrogens is 359 g/mol. The minimum atomic E-state index is -3.99. The lowest BCUT2D eigenvalue weighted by molar-refractivity contribution is 0.593. The molecule has 1 aromatic carbocycles. The molecule has 1 fully saturated rings. The Kier molecular flexibility index (Phi) is 4.00. The summed E-state index contributed by atoms with van der Waals surface area (Å²) >= 11 is 0. The third-order valence-electron chi connectivity index (χ3n) is 4.09. The second-order valence-corrected chi connectivity index (χ2v) is 7.72. The Hall–Kier alpha value is -2.72. The van der Waals surface area contributed by atoms with Crippen LogP contribution in [0, 0.1) is 11.7 Å². The number of halogens is 1. The van der Waals surface area contributed by atoms with Crippen molar-refractivity contribution >= 4 is 10.0 Å². The molecule has 1 saturated carbocycles. The number of nitrogens with two attached hydrogens (primary N) is 1. The molecule has 0 bridgehead atoms. The molecule has 2 heterocycles. The lowest BCUT2D eigenvalue weighted by Crippen LogP contribution is -2.13. The second kappa shape index (κ2) is 6.22. The summed E-state index contributed by atoms with van der Waals surface area (Å²) in [7, 11) is -3.99. The maximum atomic E-state index is 14.5. The number of hydrogen-bond donors (Lipinski definition) is 1. The summed E-state index contributed by atoms with van der Waals surface area (Å²) in [6.45, 7) is 0. The van der Waals surface area contributed by atoms with Gasteiger partial charge >= 0.3 is 0 Å². The van der Waals surface area contributed by atoms with Crippen molar-refractivity contribution in [3.05, 3.63) is 48.4 Å². The topological polar surface area (TPSA) is 117 Å². The van der Waals surface area contributed by atoms with Gasteiger partial charge < -0.3 is 0 Å². The molecule has 0 amide bonds. The molecular formula is C16H15FN6O2S. The van der Waals surface area contributed by atoms with Gasteiger partial charge in [-0.05, 0) is 37.0 Å². The van der Waals surface area contributed by atoms with Crippen molar-refractivity contribution in [3.63, 3.8) is 0 Å². The number of aromatic nitrogens is 5. The monoisotopic (exact) mass is 374 g/mol. The van der Waals surface area contributed by atoms with E-state index in [4.69, 9.17) is 5.14 Å².